The number of aromatic nitrogens is 4. The van der Waals surface area contributed by atoms with E-state index in [1.165, 1.54) is 0 Å². The Morgan fingerprint density at radius 2 is 0.551 bits per heavy atom. The molecule has 0 aliphatic carbocycles. The molecule has 0 saturated heterocycles. The van der Waals surface area contributed by atoms with Gasteiger partial charge in [0.1, 0.15) is 0 Å². The molecule has 4 aromatic carbocycles. The molecule has 0 saturated carbocycles. The molecule has 49 heavy (non-hydrogen) atoms. The zero-order chi connectivity index (χ0) is 31.9. The van der Waals surface area contributed by atoms with Crippen molar-refractivity contribution >= 4 is 46.4 Å². The number of nitrogens with zero attached hydrogens (tertiary/aromatic N) is 2. The van der Waals surface area contributed by atoms with Gasteiger partial charge in [-0.15, -0.1) is 0 Å². The van der Waals surface area contributed by atoms with Gasteiger partial charge in [-0.1, -0.05) is 121 Å². The predicted octanol–water partition coefficient (Wildman–Crippen LogP) is 11.3. The summed E-state index contributed by atoms with van der Waals surface area (Å²) in [6.07, 6.45) is 8.50. The second-order valence-electron chi connectivity index (χ2n) is 12.0. The van der Waals surface area contributed by atoms with Crippen LogP contribution < -0.4 is 0 Å². The van der Waals surface area contributed by atoms with Gasteiger partial charge < -0.3 is 9.97 Å². The molecule has 5 heteroatoms. The molecule has 9 rings (SSSR count). The fourth-order valence-corrected chi connectivity index (χ4v) is 6.84. The number of hydrogen-bond acceptors (Lipinski definition) is 2. The van der Waals surface area contributed by atoms with Gasteiger partial charge in [0.25, 0.3) is 0 Å². The normalized spacial score (nSPS) is 11.8. The number of rotatable bonds is 4. The van der Waals surface area contributed by atoms with Gasteiger partial charge in [-0.3, -0.25) is 0 Å². The van der Waals surface area contributed by atoms with E-state index in [4.69, 9.17) is 9.97 Å². The fourth-order valence-electron chi connectivity index (χ4n) is 6.84. The molecular formula is C44H30N4Ni+2. The van der Waals surface area contributed by atoms with Crippen molar-refractivity contribution in [2.24, 2.45) is 0 Å². The number of aromatic amines is 2. The summed E-state index contributed by atoms with van der Waals surface area (Å²) in [6, 6.07) is 50.7. The standard InChI is InChI=1S/C44H30N4.Ni/c1-5-13-29(14-6-1)41-33-21-23-35(45-33)42(30-15-7-2-8-16-30)37-25-27-39(47-37)44(32-19-11-4-12-20-32)40-28-26-38(48-40)43(31-17-9-3-10-18-31)36-24-22-34(41)46-36;/h1-28,45-46H;/q;+2. The van der Waals surface area contributed by atoms with E-state index >= 15 is 0 Å². The Balaban J connectivity index is 0.00000348. The SMILES string of the molecule is C1=Cc2nc1c(-c1ccccc1)c1nc(c(-c3ccccc3)c3ccc([nH]3)c(-c3ccccc3)c3ccc([nH]3)c2-c2ccccc2)C=C1.[Ni+2]. The summed E-state index contributed by atoms with van der Waals surface area (Å²) >= 11 is 0. The first-order valence-corrected chi connectivity index (χ1v) is 16.2. The maximum atomic E-state index is 5.33. The first kappa shape index (κ1) is 30.3. The van der Waals surface area contributed by atoms with Gasteiger partial charge in [-0.25, -0.2) is 9.97 Å². The molecule has 3 aromatic heterocycles. The summed E-state index contributed by atoms with van der Waals surface area (Å²) in [5, 5.41) is 0. The van der Waals surface area contributed by atoms with Gasteiger partial charge in [0.05, 0.1) is 22.8 Å². The van der Waals surface area contributed by atoms with Crippen LogP contribution in [0.1, 0.15) is 22.8 Å². The van der Waals surface area contributed by atoms with Crippen LogP contribution in [0.2, 0.25) is 0 Å². The molecule has 7 aromatic rings. The van der Waals surface area contributed by atoms with Crippen molar-refractivity contribution in [1.82, 2.24) is 19.9 Å². The molecule has 4 nitrogen and oxygen atoms in total. The van der Waals surface area contributed by atoms with E-state index in [0.29, 0.717) is 0 Å². The molecule has 2 aliphatic rings. The molecule has 234 valence electrons. The van der Waals surface area contributed by atoms with E-state index < -0.39 is 0 Å². The van der Waals surface area contributed by atoms with Crippen LogP contribution in [0.15, 0.2) is 146 Å². The molecule has 2 N–H and O–H groups in total. The predicted molar refractivity (Wildman–Crippen MR) is 201 cm³/mol. The van der Waals surface area contributed by atoms with Gasteiger partial charge in [0, 0.05) is 44.3 Å². The summed E-state index contributed by atoms with van der Waals surface area (Å²) in [4.78, 5) is 18.3. The molecule has 0 radical (unpaired) electrons. The number of H-pyrrole nitrogens is 2. The first-order valence-electron chi connectivity index (χ1n) is 16.2. The van der Waals surface area contributed by atoms with E-state index in [-0.39, 0.29) is 16.5 Å². The fraction of sp³-hybridized carbons (Fsp3) is 0. The zero-order valence-electron chi connectivity index (χ0n) is 26.4. The van der Waals surface area contributed by atoms with Crippen molar-refractivity contribution in [3.05, 3.63) is 168 Å². The van der Waals surface area contributed by atoms with Crippen LogP contribution in [-0.2, 0) is 16.5 Å². The molecule has 5 heterocycles. The largest absolute Gasteiger partial charge is 2.00 e. The number of hydrogen-bond donors (Lipinski definition) is 2. The topological polar surface area (TPSA) is 57.4 Å². The van der Waals surface area contributed by atoms with Crippen LogP contribution in [-0.4, -0.2) is 19.9 Å². The molecule has 0 unspecified atom stereocenters. The van der Waals surface area contributed by atoms with Crippen molar-refractivity contribution < 1.29 is 16.5 Å². The van der Waals surface area contributed by atoms with Crippen molar-refractivity contribution in [3.63, 3.8) is 0 Å². The van der Waals surface area contributed by atoms with Gasteiger partial charge in [-0.2, -0.15) is 0 Å². The van der Waals surface area contributed by atoms with Crippen LogP contribution >= 0.6 is 0 Å². The summed E-state index contributed by atoms with van der Waals surface area (Å²) in [6.45, 7) is 0. The number of nitrogens with one attached hydrogen (secondary N) is 2. The smallest absolute Gasteiger partial charge is 0.354 e. The molecular weight excluding hydrogens is 643 g/mol. The van der Waals surface area contributed by atoms with E-state index in [1.807, 2.05) is 18.2 Å². The molecule has 0 atom stereocenters. The monoisotopic (exact) mass is 672 g/mol. The average Bonchev–Trinajstić information content (AvgIpc) is 3.98. The summed E-state index contributed by atoms with van der Waals surface area (Å²) < 4.78 is 0. The van der Waals surface area contributed by atoms with Gasteiger partial charge in [0.2, 0.25) is 0 Å². The molecule has 0 amide bonds. The quantitative estimate of drug-likeness (QED) is 0.183. The van der Waals surface area contributed by atoms with Crippen LogP contribution in [0.4, 0.5) is 0 Å². The Hall–Kier alpha value is -6.03. The Kier molecular flexibility index (Phi) is 7.97. The van der Waals surface area contributed by atoms with Crippen molar-refractivity contribution in [2.45, 2.75) is 0 Å². The Labute approximate surface area is 294 Å². The second kappa shape index (κ2) is 12.9. The maximum absolute atomic E-state index is 5.33. The first-order chi connectivity index (χ1) is 23.8. The molecule has 8 bridgehead atoms. The van der Waals surface area contributed by atoms with E-state index in [0.717, 1.165) is 89.4 Å². The second-order valence-corrected chi connectivity index (χ2v) is 12.0. The Bertz CT molecular complexity index is 2390. The maximum Gasteiger partial charge on any atom is 2.00 e. The Morgan fingerprint density at radius 1 is 0.286 bits per heavy atom. The average molecular weight is 673 g/mol. The minimum Gasteiger partial charge on any atom is -0.354 e. The van der Waals surface area contributed by atoms with Crippen LogP contribution in [0.5, 0.6) is 0 Å². The van der Waals surface area contributed by atoms with Crippen LogP contribution in [0, 0.1) is 0 Å². The van der Waals surface area contributed by atoms with Crippen molar-refractivity contribution in [3.8, 4) is 44.5 Å². The van der Waals surface area contributed by atoms with E-state index in [1.54, 1.807) is 0 Å². The molecule has 0 fully saturated rings. The minimum absolute atomic E-state index is 0. The minimum atomic E-state index is 0. The summed E-state index contributed by atoms with van der Waals surface area (Å²) in [5.74, 6) is 0. The summed E-state index contributed by atoms with van der Waals surface area (Å²) in [5.41, 5.74) is 16.2. The zero-order valence-corrected chi connectivity index (χ0v) is 27.4. The van der Waals surface area contributed by atoms with Crippen molar-refractivity contribution in [1.29, 1.82) is 0 Å². The third-order valence-electron chi connectivity index (χ3n) is 9.00. The van der Waals surface area contributed by atoms with E-state index in [9.17, 15) is 0 Å². The third-order valence-corrected chi connectivity index (χ3v) is 9.00. The van der Waals surface area contributed by atoms with E-state index in [2.05, 4.69) is 162 Å². The van der Waals surface area contributed by atoms with Crippen molar-refractivity contribution in [2.75, 3.05) is 0 Å². The third kappa shape index (κ3) is 5.55. The van der Waals surface area contributed by atoms with Gasteiger partial charge >= 0.3 is 16.5 Å². The van der Waals surface area contributed by atoms with Crippen LogP contribution in [0.25, 0.3) is 90.9 Å². The Morgan fingerprint density at radius 3 is 0.898 bits per heavy atom. The number of benzene rings is 4. The molecule has 2 aliphatic heterocycles. The van der Waals surface area contributed by atoms with Gasteiger partial charge in [-0.05, 0) is 70.8 Å². The summed E-state index contributed by atoms with van der Waals surface area (Å²) in [7, 11) is 0. The van der Waals surface area contributed by atoms with Gasteiger partial charge in [0.15, 0.2) is 0 Å². The molecule has 0 spiro atoms. The number of fused-ring (bicyclic) bond motifs is 8. The van der Waals surface area contributed by atoms with Crippen LogP contribution in [0.3, 0.4) is 0 Å².